The monoisotopic (exact) mass is 359 g/mol. The van der Waals surface area contributed by atoms with Crippen LogP contribution in [0.4, 0.5) is 0 Å². The first kappa shape index (κ1) is 17.3. The molecule has 1 aromatic carbocycles. The number of fused-ring (bicyclic) bond motifs is 1. The van der Waals surface area contributed by atoms with Crippen LogP contribution in [0.25, 0.3) is 0 Å². The topological polar surface area (TPSA) is 12.5 Å². The Bertz CT molecular complexity index is 657. The van der Waals surface area contributed by atoms with E-state index in [1.165, 1.54) is 37.8 Å². The van der Waals surface area contributed by atoms with Crippen LogP contribution in [0, 0.1) is 5.92 Å². The van der Waals surface area contributed by atoms with E-state index in [4.69, 9.17) is 16.3 Å². The van der Waals surface area contributed by atoms with Gasteiger partial charge >= 0.3 is 0 Å². The lowest BCUT2D eigenvalue weighted by Gasteiger charge is -2.59. The standard InChI is InChI=1S/C22H30ClNO/c1-16(2)24-12-10-22-9-4-3-6-19(22)21(24)14-17-7-8-18(15-20(17)22)25-13-5-11-23/h7-8,15,19,21H,1,3-6,9-14H2,2H3. The zero-order valence-corrected chi connectivity index (χ0v) is 16.2. The van der Waals surface area contributed by atoms with Gasteiger partial charge in [-0.15, -0.1) is 11.6 Å². The fraction of sp³-hybridized carbons (Fsp3) is 0.636. The summed E-state index contributed by atoms with van der Waals surface area (Å²) in [6.45, 7) is 8.32. The summed E-state index contributed by atoms with van der Waals surface area (Å²) < 4.78 is 5.98. The number of alkyl halides is 1. The van der Waals surface area contributed by atoms with Crippen LogP contribution in [0.2, 0.25) is 0 Å². The molecule has 1 aliphatic heterocycles. The molecule has 2 fully saturated rings. The number of rotatable bonds is 5. The molecule has 0 amide bonds. The van der Waals surface area contributed by atoms with Gasteiger partial charge in [0.15, 0.2) is 0 Å². The molecule has 0 N–H and O–H groups in total. The quantitative estimate of drug-likeness (QED) is 0.523. The van der Waals surface area contributed by atoms with E-state index in [9.17, 15) is 0 Å². The molecule has 1 heterocycles. The third kappa shape index (κ3) is 2.87. The number of hydrogen-bond donors (Lipinski definition) is 0. The predicted octanol–water partition coefficient (Wildman–Crippen LogP) is 5.29. The molecule has 2 nitrogen and oxygen atoms in total. The highest BCUT2D eigenvalue weighted by Crippen LogP contribution is 2.56. The number of nitrogens with zero attached hydrogens (tertiary/aromatic N) is 1. The number of benzene rings is 1. The van der Waals surface area contributed by atoms with Crippen LogP contribution in [0.15, 0.2) is 30.5 Å². The second-order valence-electron chi connectivity index (χ2n) is 8.17. The molecule has 1 aromatic rings. The molecular formula is C22H30ClNO. The Labute approximate surface area is 157 Å². The molecule has 3 atom stereocenters. The van der Waals surface area contributed by atoms with Crippen molar-refractivity contribution < 1.29 is 4.74 Å². The molecule has 1 saturated heterocycles. The zero-order valence-electron chi connectivity index (χ0n) is 15.4. The smallest absolute Gasteiger partial charge is 0.119 e. The third-order valence-corrected chi connectivity index (χ3v) is 7.11. The van der Waals surface area contributed by atoms with Gasteiger partial charge in [-0.05, 0) is 68.2 Å². The highest BCUT2D eigenvalue weighted by atomic mass is 35.5. The molecular weight excluding hydrogens is 330 g/mol. The van der Waals surface area contributed by atoms with Gasteiger partial charge in [-0.3, -0.25) is 0 Å². The van der Waals surface area contributed by atoms with E-state index in [1.54, 1.807) is 11.1 Å². The second kappa shape index (κ2) is 6.87. The fourth-order valence-corrected chi connectivity index (χ4v) is 5.90. The molecule has 25 heavy (non-hydrogen) atoms. The SMILES string of the molecule is C=C(C)N1CCC23CCCCC2C1Cc1ccc(OCCCCl)cc13. The van der Waals surface area contributed by atoms with Crippen LogP contribution in [0.3, 0.4) is 0 Å². The van der Waals surface area contributed by atoms with Gasteiger partial charge in [0.05, 0.1) is 6.61 Å². The van der Waals surface area contributed by atoms with Gasteiger partial charge in [0.1, 0.15) is 5.75 Å². The minimum atomic E-state index is 0.369. The van der Waals surface area contributed by atoms with Crippen molar-refractivity contribution in [3.05, 3.63) is 41.6 Å². The first-order valence-electron chi connectivity index (χ1n) is 9.90. The summed E-state index contributed by atoms with van der Waals surface area (Å²) in [7, 11) is 0. The van der Waals surface area contributed by atoms with Crippen LogP contribution >= 0.6 is 11.6 Å². The summed E-state index contributed by atoms with van der Waals surface area (Å²) in [5.74, 6) is 2.47. The lowest BCUT2D eigenvalue weighted by atomic mass is 9.52. The summed E-state index contributed by atoms with van der Waals surface area (Å²) in [5.41, 5.74) is 4.75. The van der Waals surface area contributed by atoms with Crippen LogP contribution in [-0.2, 0) is 11.8 Å². The van der Waals surface area contributed by atoms with Crippen LogP contribution in [0.5, 0.6) is 5.75 Å². The van der Waals surface area contributed by atoms with E-state index in [-0.39, 0.29) is 0 Å². The lowest BCUT2D eigenvalue weighted by molar-refractivity contribution is 0.00734. The lowest BCUT2D eigenvalue weighted by Crippen LogP contribution is -2.60. The van der Waals surface area contributed by atoms with Crippen LogP contribution in [0.1, 0.15) is 56.6 Å². The van der Waals surface area contributed by atoms with Crippen molar-refractivity contribution in [3.8, 4) is 5.75 Å². The van der Waals surface area contributed by atoms with E-state index < -0.39 is 0 Å². The normalized spacial score (nSPS) is 30.4. The Morgan fingerprint density at radius 1 is 1.36 bits per heavy atom. The molecule has 0 spiro atoms. The van der Waals surface area contributed by atoms with E-state index >= 15 is 0 Å². The van der Waals surface area contributed by atoms with Gasteiger partial charge in [0.2, 0.25) is 0 Å². The van der Waals surface area contributed by atoms with E-state index in [1.807, 2.05) is 0 Å². The first-order valence-corrected chi connectivity index (χ1v) is 10.4. The largest absolute Gasteiger partial charge is 0.494 e. The second-order valence-corrected chi connectivity index (χ2v) is 8.55. The molecule has 2 aliphatic carbocycles. The zero-order chi connectivity index (χ0) is 17.4. The van der Waals surface area contributed by atoms with Crippen molar-refractivity contribution in [3.63, 3.8) is 0 Å². The minimum absolute atomic E-state index is 0.369. The molecule has 3 aliphatic rings. The first-order chi connectivity index (χ1) is 12.2. The summed E-state index contributed by atoms with van der Waals surface area (Å²) in [4.78, 5) is 2.60. The Hall–Kier alpha value is -1.15. The van der Waals surface area contributed by atoms with Crippen LogP contribution < -0.4 is 4.74 Å². The summed E-state index contributed by atoms with van der Waals surface area (Å²) in [6.07, 6.45) is 8.79. The Morgan fingerprint density at radius 2 is 2.24 bits per heavy atom. The van der Waals surface area contributed by atoms with Gasteiger partial charge in [-0.1, -0.05) is 25.5 Å². The highest BCUT2D eigenvalue weighted by Gasteiger charge is 2.53. The maximum absolute atomic E-state index is 5.98. The Balaban J connectivity index is 1.71. The van der Waals surface area contributed by atoms with Gasteiger partial charge in [0, 0.05) is 29.6 Å². The number of halogens is 1. The van der Waals surface area contributed by atoms with Crippen molar-refractivity contribution in [2.24, 2.45) is 5.92 Å². The fourth-order valence-electron chi connectivity index (χ4n) is 5.79. The maximum Gasteiger partial charge on any atom is 0.119 e. The van der Waals surface area contributed by atoms with Gasteiger partial charge in [0.25, 0.3) is 0 Å². The number of allylic oxidation sites excluding steroid dienone is 1. The maximum atomic E-state index is 5.98. The highest BCUT2D eigenvalue weighted by molar-refractivity contribution is 6.17. The Morgan fingerprint density at radius 3 is 3.04 bits per heavy atom. The Kier molecular flexibility index (Phi) is 4.75. The molecule has 4 rings (SSSR count). The molecule has 2 bridgehead atoms. The van der Waals surface area contributed by atoms with E-state index in [0.717, 1.165) is 31.1 Å². The van der Waals surface area contributed by atoms with Crippen molar-refractivity contribution in [1.82, 2.24) is 4.90 Å². The van der Waals surface area contributed by atoms with Gasteiger partial charge < -0.3 is 9.64 Å². The molecule has 0 radical (unpaired) electrons. The van der Waals surface area contributed by atoms with Crippen molar-refractivity contribution in [2.45, 2.75) is 63.3 Å². The molecule has 136 valence electrons. The van der Waals surface area contributed by atoms with E-state index in [2.05, 4.69) is 36.6 Å². The van der Waals surface area contributed by atoms with Gasteiger partial charge in [-0.2, -0.15) is 0 Å². The number of likely N-dealkylation sites (tertiary alicyclic amines) is 1. The molecule has 3 heteroatoms. The molecule has 1 saturated carbocycles. The molecule has 0 aromatic heterocycles. The third-order valence-electron chi connectivity index (χ3n) is 6.85. The predicted molar refractivity (Wildman–Crippen MR) is 105 cm³/mol. The van der Waals surface area contributed by atoms with Crippen molar-refractivity contribution in [2.75, 3.05) is 19.0 Å². The summed E-state index contributed by atoms with van der Waals surface area (Å²) in [6, 6.07) is 7.50. The van der Waals surface area contributed by atoms with E-state index in [0.29, 0.717) is 23.9 Å². The average Bonchev–Trinajstić information content (AvgIpc) is 2.62. The molecule has 3 unspecified atom stereocenters. The average molecular weight is 360 g/mol. The van der Waals surface area contributed by atoms with Gasteiger partial charge in [-0.25, -0.2) is 0 Å². The van der Waals surface area contributed by atoms with Crippen molar-refractivity contribution >= 4 is 11.6 Å². The van der Waals surface area contributed by atoms with Crippen molar-refractivity contribution in [1.29, 1.82) is 0 Å². The number of hydrogen-bond acceptors (Lipinski definition) is 2. The van der Waals surface area contributed by atoms with Crippen LogP contribution in [-0.4, -0.2) is 30.0 Å². The number of ether oxygens (including phenoxy) is 1. The number of piperidine rings is 1. The minimum Gasteiger partial charge on any atom is -0.494 e. The summed E-state index contributed by atoms with van der Waals surface area (Å²) >= 11 is 5.79. The summed E-state index contributed by atoms with van der Waals surface area (Å²) in [5, 5.41) is 0.